The zero-order valence-corrected chi connectivity index (χ0v) is 16.3. The number of halogens is 1. The van der Waals surface area contributed by atoms with Gasteiger partial charge in [0.15, 0.2) is 0 Å². The Morgan fingerprint density at radius 2 is 1.72 bits per heavy atom. The number of carbonyl (C=O) groups excluding carboxylic acids is 2. The Morgan fingerprint density at radius 1 is 1.03 bits per heavy atom. The summed E-state index contributed by atoms with van der Waals surface area (Å²) in [6.07, 6.45) is 1.47. The summed E-state index contributed by atoms with van der Waals surface area (Å²) in [5.74, 6) is -1.15. The van der Waals surface area contributed by atoms with Gasteiger partial charge in [-0.15, -0.1) is 0 Å². The smallest absolute Gasteiger partial charge is 0.278 e. The summed E-state index contributed by atoms with van der Waals surface area (Å²) in [6, 6.07) is 11.0. The first kappa shape index (κ1) is 19.3. The van der Waals surface area contributed by atoms with Crippen LogP contribution in [0.4, 0.5) is 4.39 Å². The van der Waals surface area contributed by atoms with Gasteiger partial charge in [-0.25, -0.2) is 4.39 Å². The van der Waals surface area contributed by atoms with Gasteiger partial charge in [0.05, 0.1) is 30.0 Å². The first-order valence-corrected chi connectivity index (χ1v) is 9.60. The van der Waals surface area contributed by atoms with Crippen LogP contribution in [-0.2, 0) is 20.9 Å². The summed E-state index contributed by atoms with van der Waals surface area (Å²) >= 11 is 0. The number of hydrogen-bond donors (Lipinski definition) is 0. The molecule has 2 atom stereocenters. The van der Waals surface area contributed by atoms with Crippen molar-refractivity contribution in [2.24, 2.45) is 0 Å². The Kier molecular flexibility index (Phi) is 5.15. The lowest BCUT2D eigenvalue weighted by atomic mass is 10.0. The molecule has 2 aliphatic heterocycles. The second kappa shape index (κ2) is 7.75. The molecule has 1 fully saturated rings. The lowest BCUT2D eigenvalue weighted by Crippen LogP contribution is -2.46. The summed E-state index contributed by atoms with van der Waals surface area (Å²) < 4.78 is 19.2. The molecule has 6 nitrogen and oxygen atoms in total. The van der Waals surface area contributed by atoms with Crippen molar-refractivity contribution in [2.45, 2.75) is 32.6 Å². The molecule has 0 aliphatic carbocycles. The van der Waals surface area contributed by atoms with E-state index in [4.69, 9.17) is 4.74 Å². The molecule has 2 amide bonds. The summed E-state index contributed by atoms with van der Waals surface area (Å²) in [5, 5.41) is 0. The number of ether oxygens (including phenoxy) is 1. The van der Waals surface area contributed by atoms with Gasteiger partial charge in [0.25, 0.3) is 11.8 Å². The third-order valence-electron chi connectivity index (χ3n) is 5.06. The van der Waals surface area contributed by atoms with Crippen LogP contribution in [0.25, 0.3) is 5.57 Å². The minimum Gasteiger partial charge on any atom is -0.372 e. The van der Waals surface area contributed by atoms with Gasteiger partial charge in [0, 0.05) is 19.3 Å². The molecule has 0 bridgehead atoms. The van der Waals surface area contributed by atoms with Crippen LogP contribution in [-0.4, -0.2) is 51.9 Å². The van der Waals surface area contributed by atoms with E-state index in [0.717, 1.165) is 0 Å². The van der Waals surface area contributed by atoms with E-state index in [2.05, 4.69) is 4.98 Å². The molecular weight excluding hydrogens is 373 g/mol. The maximum Gasteiger partial charge on any atom is 0.278 e. The minimum atomic E-state index is -0.397. The third kappa shape index (κ3) is 3.78. The average molecular weight is 395 g/mol. The van der Waals surface area contributed by atoms with Gasteiger partial charge in [-0.05, 0) is 43.7 Å². The number of morpholine rings is 1. The van der Waals surface area contributed by atoms with Crippen LogP contribution in [0.1, 0.15) is 25.1 Å². The molecule has 1 aromatic carbocycles. The first-order valence-electron chi connectivity index (χ1n) is 9.60. The molecule has 150 valence electrons. The third-order valence-corrected chi connectivity index (χ3v) is 5.06. The standard InChI is InChI=1S/C22H22FN3O3/c1-14-11-25(12-15(2)29-14)20-19(16-6-8-17(23)9-7-16)21(27)26(22(20)28)13-18-5-3-4-10-24-18/h3-10,14-15H,11-13H2,1-2H3. The van der Waals surface area contributed by atoms with Crippen molar-refractivity contribution in [2.75, 3.05) is 13.1 Å². The summed E-state index contributed by atoms with van der Waals surface area (Å²) in [4.78, 5) is 34.0. The number of rotatable bonds is 4. The second-order valence-electron chi connectivity index (χ2n) is 7.41. The van der Waals surface area contributed by atoms with Gasteiger partial charge < -0.3 is 9.64 Å². The topological polar surface area (TPSA) is 62.7 Å². The monoisotopic (exact) mass is 395 g/mol. The van der Waals surface area contributed by atoms with E-state index in [0.29, 0.717) is 35.6 Å². The molecule has 1 aromatic heterocycles. The Labute approximate surface area is 168 Å². The van der Waals surface area contributed by atoms with E-state index >= 15 is 0 Å². The van der Waals surface area contributed by atoms with Gasteiger partial charge in [0.1, 0.15) is 11.5 Å². The summed E-state index contributed by atoms with van der Waals surface area (Å²) in [5.41, 5.74) is 1.79. The van der Waals surface area contributed by atoms with Crippen LogP contribution in [0.2, 0.25) is 0 Å². The number of imide groups is 1. The van der Waals surface area contributed by atoms with Crippen molar-refractivity contribution >= 4 is 17.4 Å². The largest absolute Gasteiger partial charge is 0.372 e. The molecule has 2 aromatic rings. The van der Waals surface area contributed by atoms with E-state index in [1.165, 1.54) is 29.2 Å². The Hall–Kier alpha value is -3.06. The average Bonchev–Trinajstić information content (AvgIpc) is 2.93. The molecule has 7 heteroatoms. The van der Waals surface area contributed by atoms with Crippen molar-refractivity contribution < 1.29 is 18.7 Å². The predicted octanol–water partition coefficient (Wildman–Crippen LogP) is 2.61. The number of nitrogens with zero attached hydrogens (tertiary/aromatic N) is 3. The van der Waals surface area contributed by atoms with Crippen LogP contribution >= 0.6 is 0 Å². The molecule has 0 saturated carbocycles. The van der Waals surface area contributed by atoms with Gasteiger partial charge in [-0.1, -0.05) is 18.2 Å². The fraction of sp³-hybridized carbons (Fsp3) is 0.318. The molecular formula is C22H22FN3O3. The molecule has 29 heavy (non-hydrogen) atoms. The predicted molar refractivity (Wildman–Crippen MR) is 105 cm³/mol. The van der Waals surface area contributed by atoms with E-state index in [9.17, 15) is 14.0 Å². The first-order chi connectivity index (χ1) is 13.9. The van der Waals surface area contributed by atoms with Crippen molar-refractivity contribution in [3.8, 4) is 0 Å². The highest BCUT2D eigenvalue weighted by molar-refractivity contribution is 6.35. The van der Waals surface area contributed by atoms with Crippen LogP contribution in [0.5, 0.6) is 0 Å². The second-order valence-corrected chi connectivity index (χ2v) is 7.41. The highest BCUT2D eigenvalue weighted by Crippen LogP contribution is 2.34. The Morgan fingerprint density at radius 3 is 2.34 bits per heavy atom. The zero-order valence-electron chi connectivity index (χ0n) is 16.3. The van der Waals surface area contributed by atoms with E-state index in [-0.39, 0.29) is 24.7 Å². The quantitative estimate of drug-likeness (QED) is 0.745. The van der Waals surface area contributed by atoms with Crippen LogP contribution in [0.3, 0.4) is 0 Å². The molecule has 3 heterocycles. The molecule has 4 rings (SSSR count). The van der Waals surface area contributed by atoms with Crippen LogP contribution < -0.4 is 0 Å². The fourth-order valence-electron chi connectivity index (χ4n) is 3.89. The molecule has 0 radical (unpaired) electrons. The van der Waals surface area contributed by atoms with Crippen molar-refractivity contribution in [1.29, 1.82) is 0 Å². The molecule has 0 N–H and O–H groups in total. The van der Waals surface area contributed by atoms with Gasteiger partial charge in [0.2, 0.25) is 0 Å². The lowest BCUT2D eigenvalue weighted by molar-refractivity contribution is -0.139. The Balaban J connectivity index is 1.75. The SMILES string of the molecule is CC1CN(C2=C(c3ccc(F)cc3)C(=O)N(Cc3ccccn3)C2=O)CC(C)O1. The van der Waals surface area contributed by atoms with Gasteiger partial charge in [-0.2, -0.15) is 0 Å². The van der Waals surface area contributed by atoms with E-state index in [1.54, 1.807) is 18.3 Å². The number of aromatic nitrogens is 1. The van der Waals surface area contributed by atoms with Gasteiger partial charge >= 0.3 is 0 Å². The van der Waals surface area contributed by atoms with Crippen LogP contribution in [0.15, 0.2) is 54.4 Å². The summed E-state index contributed by atoms with van der Waals surface area (Å²) in [6.45, 7) is 4.96. The highest BCUT2D eigenvalue weighted by Gasteiger charge is 2.43. The normalized spacial score (nSPS) is 22.6. The van der Waals surface area contributed by atoms with Gasteiger partial charge in [-0.3, -0.25) is 19.5 Å². The zero-order chi connectivity index (χ0) is 20.5. The van der Waals surface area contributed by atoms with E-state index in [1.807, 2.05) is 24.8 Å². The van der Waals surface area contributed by atoms with Crippen LogP contribution in [0, 0.1) is 5.82 Å². The number of carbonyl (C=O) groups is 2. The lowest BCUT2D eigenvalue weighted by Gasteiger charge is -2.37. The number of amides is 2. The molecule has 2 aliphatic rings. The highest BCUT2D eigenvalue weighted by atomic mass is 19.1. The number of pyridine rings is 1. The Bertz CT molecular complexity index is 949. The number of hydrogen-bond acceptors (Lipinski definition) is 5. The fourth-order valence-corrected chi connectivity index (χ4v) is 3.89. The molecule has 0 spiro atoms. The molecule has 2 unspecified atom stereocenters. The minimum absolute atomic E-state index is 0.0755. The summed E-state index contributed by atoms with van der Waals surface area (Å²) in [7, 11) is 0. The van der Waals surface area contributed by atoms with Crippen molar-refractivity contribution in [1.82, 2.24) is 14.8 Å². The van der Waals surface area contributed by atoms with Crippen molar-refractivity contribution in [3.63, 3.8) is 0 Å². The van der Waals surface area contributed by atoms with E-state index < -0.39 is 11.7 Å². The number of benzene rings is 1. The maximum atomic E-state index is 13.5. The maximum absolute atomic E-state index is 13.5. The van der Waals surface area contributed by atoms with Crippen molar-refractivity contribution in [3.05, 3.63) is 71.4 Å². The molecule has 1 saturated heterocycles.